The van der Waals surface area contributed by atoms with Crippen LogP contribution in [0.4, 0.5) is 4.79 Å². The second kappa shape index (κ2) is 4.84. The van der Waals surface area contributed by atoms with Gasteiger partial charge in [-0.1, -0.05) is 6.85 Å². The number of carbonyl (C=O) groups excluding carboxylic acids is 1. The molecule has 0 aromatic heterocycles. The Hall–Kier alpha value is -0.770. The highest BCUT2D eigenvalue weighted by Crippen LogP contribution is 2.11. The van der Waals surface area contributed by atoms with E-state index in [1.807, 2.05) is 0 Å². The van der Waals surface area contributed by atoms with Crippen LogP contribution in [-0.4, -0.2) is 54.2 Å². The van der Waals surface area contributed by atoms with Crippen LogP contribution in [0.2, 0.25) is 0 Å². The fourth-order valence-electron chi connectivity index (χ4n) is 1.33. The quantitative estimate of drug-likeness (QED) is 0.671. The summed E-state index contributed by atoms with van der Waals surface area (Å²) in [5.74, 6) is 0. The first kappa shape index (κ1) is 6.74. The predicted octanol–water partition coefficient (Wildman–Crippen LogP) is 1.56. The average molecular weight is 219 g/mol. The third kappa shape index (κ3) is 4.08. The smallest absolute Gasteiger partial charge is 0.410 e. The van der Waals surface area contributed by atoms with Crippen LogP contribution in [-0.2, 0) is 4.74 Å². The first-order valence-corrected chi connectivity index (χ1v) is 5.07. The van der Waals surface area contributed by atoms with E-state index in [0.717, 1.165) is 0 Å². The van der Waals surface area contributed by atoms with Crippen LogP contribution >= 0.6 is 0 Å². The standard InChI is InChI=1S/C11H22N2O2/c1-5-12-6-8-13(9-7-12)10(14)15-11(2,3)4/h5-9H2,1-4H3/i1D3,5D2. The molecule has 1 heterocycles. The lowest BCUT2D eigenvalue weighted by Crippen LogP contribution is -2.49. The molecule has 0 atom stereocenters. The molecule has 0 spiro atoms. The van der Waals surface area contributed by atoms with Gasteiger partial charge in [-0.3, -0.25) is 0 Å². The van der Waals surface area contributed by atoms with Gasteiger partial charge in [0, 0.05) is 33.0 Å². The van der Waals surface area contributed by atoms with Crippen molar-refractivity contribution in [2.24, 2.45) is 0 Å². The molecule has 1 amide bonds. The Balaban J connectivity index is 2.58. The number of carbonyl (C=O) groups is 1. The zero-order valence-electron chi connectivity index (χ0n) is 14.5. The lowest BCUT2D eigenvalue weighted by atomic mass is 10.2. The number of ether oxygens (including phenoxy) is 1. The summed E-state index contributed by atoms with van der Waals surface area (Å²) in [5, 5.41) is 0. The van der Waals surface area contributed by atoms with E-state index in [9.17, 15) is 4.79 Å². The molecule has 1 aliphatic rings. The van der Waals surface area contributed by atoms with Gasteiger partial charge in [-0.05, 0) is 27.3 Å². The van der Waals surface area contributed by atoms with Gasteiger partial charge in [0.15, 0.2) is 0 Å². The number of rotatable bonds is 1. The lowest BCUT2D eigenvalue weighted by molar-refractivity contribution is 0.0149. The molecule has 4 heteroatoms. The van der Waals surface area contributed by atoms with Crippen LogP contribution in [0, 0.1) is 0 Å². The van der Waals surface area contributed by atoms with E-state index in [1.165, 1.54) is 9.80 Å². The fraction of sp³-hybridized carbons (Fsp3) is 0.909. The van der Waals surface area contributed by atoms with Crippen LogP contribution in [0.5, 0.6) is 0 Å². The second-order valence-electron chi connectivity index (χ2n) is 4.57. The lowest BCUT2D eigenvalue weighted by Gasteiger charge is -2.35. The Labute approximate surface area is 99.2 Å². The fourth-order valence-corrected chi connectivity index (χ4v) is 1.33. The number of hydrogen-bond acceptors (Lipinski definition) is 3. The zero-order valence-corrected chi connectivity index (χ0v) is 9.54. The molecular formula is C11H22N2O2. The molecule has 0 bridgehead atoms. The molecule has 1 saturated heterocycles. The third-order valence-corrected chi connectivity index (χ3v) is 2.09. The van der Waals surface area contributed by atoms with E-state index >= 15 is 0 Å². The van der Waals surface area contributed by atoms with Crippen molar-refractivity contribution in [2.75, 3.05) is 32.7 Å². The normalized spacial score (nSPS) is 25.8. The molecule has 1 rings (SSSR count). The van der Waals surface area contributed by atoms with E-state index in [4.69, 9.17) is 11.6 Å². The number of hydrogen-bond donors (Lipinski definition) is 0. The van der Waals surface area contributed by atoms with Gasteiger partial charge in [0.1, 0.15) is 5.60 Å². The summed E-state index contributed by atoms with van der Waals surface area (Å²) in [7, 11) is 0. The van der Waals surface area contributed by atoms with E-state index in [2.05, 4.69) is 0 Å². The van der Waals surface area contributed by atoms with E-state index in [1.54, 1.807) is 20.8 Å². The maximum atomic E-state index is 11.8. The molecule has 88 valence electrons. The minimum Gasteiger partial charge on any atom is -0.444 e. The van der Waals surface area contributed by atoms with Gasteiger partial charge in [0.05, 0.1) is 0 Å². The molecule has 0 unspecified atom stereocenters. The third-order valence-electron chi connectivity index (χ3n) is 2.09. The van der Waals surface area contributed by atoms with Crippen LogP contribution in [0.3, 0.4) is 0 Å². The van der Waals surface area contributed by atoms with Crippen molar-refractivity contribution in [3.05, 3.63) is 0 Å². The highest BCUT2D eigenvalue weighted by molar-refractivity contribution is 5.68. The Morgan fingerprint density at radius 3 is 2.47 bits per heavy atom. The SMILES string of the molecule is [2H]C([2H])([2H])C([2H])([2H])N1CCN(C(=O)OC(C)(C)C)CC1. The number of piperazine rings is 1. The largest absolute Gasteiger partial charge is 0.444 e. The summed E-state index contributed by atoms with van der Waals surface area (Å²) < 4.78 is 42.3. The molecule has 0 aromatic carbocycles. The van der Waals surface area contributed by atoms with Crippen molar-refractivity contribution in [3.63, 3.8) is 0 Å². The summed E-state index contributed by atoms with van der Waals surface area (Å²) in [6.07, 6.45) is -0.452. The average Bonchev–Trinajstić information content (AvgIpc) is 2.25. The van der Waals surface area contributed by atoms with Crippen molar-refractivity contribution in [3.8, 4) is 0 Å². The maximum absolute atomic E-state index is 11.8. The minimum absolute atomic E-state index is 0.171. The Bertz CT molecular complexity index is 357. The van der Waals surface area contributed by atoms with Crippen molar-refractivity contribution >= 4 is 6.09 Å². The predicted molar refractivity (Wildman–Crippen MR) is 59.9 cm³/mol. The number of nitrogens with zero attached hydrogens (tertiary/aromatic N) is 2. The number of amides is 1. The molecule has 0 N–H and O–H groups in total. The first-order chi connectivity index (χ1) is 8.84. The highest BCUT2D eigenvalue weighted by Gasteiger charge is 2.24. The molecule has 1 aliphatic heterocycles. The molecule has 0 saturated carbocycles. The Morgan fingerprint density at radius 1 is 1.40 bits per heavy atom. The van der Waals surface area contributed by atoms with Crippen LogP contribution < -0.4 is 0 Å². The molecule has 1 fully saturated rings. The summed E-state index contributed by atoms with van der Waals surface area (Å²) in [6, 6.07) is 0. The Morgan fingerprint density at radius 2 is 2.00 bits per heavy atom. The number of likely N-dealkylation sites (N-methyl/N-ethyl adjacent to an activating group) is 1. The summed E-state index contributed by atoms with van der Waals surface area (Å²) in [4.78, 5) is 14.6. The zero-order chi connectivity index (χ0) is 15.8. The van der Waals surface area contributed by atoms with Gasteiger partial charge in [-0.15, -0.1) is 0 Å². The van der Waals surface area contributed by atoms with Gasteiger partial charge in [0.2, 0.25) is 0 Å². The monoisotopic (exact) mass is 219 g/mol. The molecule has 15 heavy (non-hydrogen) atoms. The summed E-state index contributed by atoms with van der Waals surface area (Å²) >= 11 is 0. The summed E-state index contributed by atoms with van der Waals surface area (Å²) in [5.41, 5.74) is -0.582. The van der Waals surface area contributed by atoms with Crippen molar-refractivity contribution in [2.45, 2.75) is 33.2 Å². The van der Waals surface area contributed by atoms with Gasteiger partial charge in [-0.25, -0.2) is 4.79 Å². The van der Waals surface area contributed by atoms with Gasteiger partial charge in [0.25, 0.3) is 0 Å². The molecule has 0 aromatic rings. The Kier molecular flexibility index (Phi) is 2.17. The van der Waals surface area contributed by atoms with E-state index in [-0.39, 0.29) is 26.2 Å². The second-order valence-corrected chi connectivity index (χ2v) is 4.57. The van der Waals surface area contributed by atoms with E-state index < -0.39 is 25.0 Å². The summed E-state index contributed by atoms with van der Waals surface area (Å²) in [6.45, 7) is 1.08. The first-order valence-electron chi connectivity index (χ1n) is 7.57. The maximum Gasteiger partial charge on any atom is 0.410 e. The molecule has 0 aliphatic carbocycles. The van der Waals surface area contributed by atoms with Crippen molar-refractivity contribution < 1.29 is 16.4 Å². The van der Waals surface area contributed by atoms with Gasteiger partial charge in [-0.2, -0.15) is 0 Å². The van der Waals surface area contributed by atoms with Gasteiger partial charge < -0.3 is 14.5 Å². The molecule has 4 nitrogen and oxygen atoms in total. The van der Waals surface area contributed by atoms with E-state index in [0.29, 0.717) is 0 Å². The topological polar surface area (TPSA) is 32.8 Å². The minimum atomic E-state index is -2.71. The van der Waals surface area contributed by atoms with Crippen molar-refractivity contribution in [1.29, 1.82) is 0 Å². The van der Waals surface area contributed by atoms with Crippen LogP contribution in [0.25, 0.3) is 0 Å². The molecule has 0 radical (unpaired) electrons. The van der Waals surface area contributed by atoms with Crippen LogP contribution in [0.1, 0.15) is 34.5 Å². The highest BCUT2D eigenvalue weighted by atomic mass is 16.6. The van der Waals surface area contributed by atoms with Crippen molar-refractivity contribution in [1.82, 2.24) is 9.80 Å². The van der Waals surface area contributed by atoms with Gasteiger partial charge >= 0.3 is 6.09 Å². The van der Waals surface area contributed by atoms with Crippen LogP contribution in [0.15, 0.2) is 0 Å². The molecular weight excluding hydrogens is 192 g/mol.